The third-order valence-electron chi connectivity index (χ3n) is 1.96. The molecule has 0 radical (unpaired) electrons. The number of benzene rings is 1. The number of carbonyl (C=O) groups is 1. The molecule has 0 aromatic heterocycles. The van der Waals surface area contributed by atoms with Crippen LogP contribution in [0.4, 0.5) is 4.39 Å². The quantitative estimate of drug-likeness (QED) is 0.584. The van der Waals surface area contributed by atoms with Gasteiger partial charge in [0.15, 0.2) is 11.6 Å². The maximum Gasteiger partial charge on any atom is 0.178 e. The summed E-state index contributed by atoms with van der Waals surface area (Å²) in [6, 6.07) is 2.96. The summed E-state index contributed by atoms with van der Waals surface area (Å²) in [6.07, 6.45) is 2.46. The number of rotatable bonds is 5. The van der Waals surface area contributed by atoms with Crippen molar-refractivity contribution in [2.24, 2.45) is 5.92 Å². The zero-order valence-electron chi connectivity index (χ0n) is 9.62. The van der Waals surface area contributed by atoms with E-state index in [1.54, 1.807) is 6.26 Å². The molecule has 0 saturated carbocycles. The minimum Gasteiger partial charge on any atom is -0.490 e. The van der Waals surface area contributed by atoms with Gasteiger partial charge < -0.3 is 4.74 Å². The van der Waals surface area contributed by atoms with Crippen molar-refractivity contribution < 1.29 is 13.9 Å². The lowest BCUT2D eigenvalue weighted by Gasteiger charge is -2.11. The summed E-state index contributed by atoms with van der Waals surface area (Å²) in [7, 11) is 0. The fourth-order valence-electron chi connectivity index (χ4n) is 1.17. The zero-order valence-corrected chi connectivity index (χ0v) is 10.4. The molecule has 4 heteroatoms. The number of aldehydes is 1. The minimum absolute atomic E-state index is 0.155. The van der Waals surface area contributed by atoms with Gasteiger partial charge in [0.1, 0.15) is 6.29 Å². The molecule has 2 nitrogen and oxygen atoms in total. The first-order valence-electron chi connectivity index (χ1n) is 5.04. The van der Waals surface area contributed by atoms with Crippen molar-refractivity contribution in [3.05, 3.63) is 23.5 Å². The highest BCUT2D eigenvalue weighted by atomic mass is 32.2. The molecule has 0 atom stereocenters. The highest BCUT2D eigenvalue weighted by Crippen LogP contribution is 2.28. The van der Waals surface area contributed by atoms with Gasteiger partial charge in [-0.25, -0.2) is 4.39 Å². The second-order valence-corrected chi connectivity index (χ2v) is 4.71. The van der Waals surface area contributed by atoms with Gasteiger partial charge >= 0.3 is 0 Å². The van der Waals surface area contributed by atoms with Gasteiger partial charge in [0.2, 0.25) is 0 Å². The van der Waals surface area contributed by atoms with Gasteiger partial charge in [-0.05, 0) is 24.3 Å². The molecule has 1 aromatic carbocycles. The molecule has 1 aromatic rings. The van der Waals surface area contributed by atoms with Crippen LogP contribution in [0.25, 0.3) is 0 Å². The normalized spacial score (nSPS) is 10.6. The Labute approximate surface area is 99.2 Å². The molecule has 0 fully saturated rings. The molecule has 0 saturated heterocycles. The summed E-state index contributed by atoms with van der Waals surface area (Å²) >= 11 is 1.26. The van der Waals surface area contributed by atoms with Crippen LogP contribution in [0.1, 0.15) is 24.2 Å². The van der Waals surface area contributed by atoms with Crippen molar-refractivity contribution >= 4 is 18.0 Å². The van der Waals surface area contributed by atoms with Crippen LogP contribution in [-0.2, 0) is 0 Å². The molecule has 0 aliphatic heterocycles. The van der Waals surface area contributed by atoms with Gasteiger partial charge in [-0.2, -0.15) is 0 Å². The Bertz CT molecular complexity index is 378. The van der Waals surface area contributed by atoms with E-state index in [9.17, 15) is 9.18 Å². The van der Waals surface area contributed by atoms with E-state index in [1.807, 2.05) is 13.8 Å². The first kappa shape index (κ1) is 13.0. The standard InChI is InChI=1S/C12H15FO2S/c1-8(2)7-15-10-4-9(6-14)5-11(16-3)12(10)13/h4-6,8H,7H2,1-3H3. The third kappa shape index (κ3) is 3.23. The third-order valence-corrected chi connectivity index (χ3v) is 2.69. The van der Waals surface area contributed by atoms with Crippen molar-refractivity contribution in [2.45, 2.75) is 18.7 Å². The second-order valence-electron chi connectivity index (χ2n) is 3.86. The Hall–Kier alpha value is -1.03. The molecule has 0 amide bonds. The van der Waals surface area contributed by atoms with Crippen molar-refractivity contribution in [3.8, 4) is 5.75 Å². The van der Waals surface area contributed by atoms with Crippen LogP contribution in [0.2, 0.25) is 0 Å². The lowest BCUT2D eigenvalue weighted by molar-refractivity contribution is 0.112. The van der Waals surface area contributed by atoms with Crippen LogP contribution in [0, 0.1) is 11.7 Å². The molecule has 0 aliphatic carbocycles. The van der Waals surface area contributed by atoms with Gasteiger partial charge in [0.05, 0.1) is 6.61 Å². The highest BCUT2D eigenvalue weighted by molar-refractivity contribution is 7.98. The van der Waals surface area contributed by atoms with E-state index in [1.165, 1.54) is 23.9 Å². The summed E-state index contributed by atoms with van der Waals surface area (Å²) in [5, 5.41) is 0. The van der Waals surface area contributed by atoms with E-state index in [-0.39, 0.29) is 5.75 Å². The number of hydrogen-bond acceptors (Lipinski definition) is 3. The summed E-state index contributed by atoms with van der Waals surface area (Å²) in [4.78, 5) is 11.1. The first-order valence-corrected chi connectivity index (χ1v) is 6.26. The molecular weight excluding hydrogens is 227 g/mol. The van der Waals surface area contributed by atoms with E-state index < -0.39 is 5.82 Å². The maximum atomic E-state index is 13.8. The van der Waals surface area contributed by atoms with Crippen LogP contribution >= 0.6 is 11.8 Å². The highest BCUT2D eigenvalue weighted by Gasteiger charge is 2.11. The predicted octanol–water partition coefficient (Wildman–Crippen LogP) is 3.39. The van der Waals surface area contributed by atoms with Crippen molar-refractivity contribution in [1.29, 1.82) is 0 Å². The van der Waals surface area contributed by atoms with E-state index in [2.05, 4.69) is 0 Å². The van der Waals surface area contributed by atoms with E-state index in [0.29, 0.717) is 29.3 Å². The Morgan fingerprint density at radius 2 is 2.19 bits per heavy atom. The summed E-state index contributed by atoms with van der Waals surface area (Å²) < 4.78 is 19.1. The number of halogens is 1. The lowest BCUT2D eigenvalue weighted by atomic mass is 10.2. The van der Waals surface area contributed by atoms with Crippen LogP contribution in [-0.4, -0.2) is 19.1 Å². The van der Waals surface area contributed by atoms with Crippen LogP contribution in [0.3, 0.4) is 0 Å². The molecular formula is C12H15FO2S. The Kier molecular flexibility index (Phi) is 4.80. The van der Waals surface area contributed by atoms with Crippen LogP contribution in [0.5, 0.6) is 5.75 Å². The first-order chi connectivity index (χ1) is 7.58. The molecule has 0 aliphatic rings. The Morgan fingerprint density at radius 1 is 1.50 bits per heavy atom. The SMILES string of the molecule is CSc1cc(C=O)cc(OCC(C)C)c1F. The van der Waals surface area contributed by atoms with Crippen molar-refractivity contribution in [1.82, 2.24) is 0 Å². The van der Waals surface area contributed by atoms with Crippen molar-refractivity contribution in [2.75, 3.05) is 12.9 Å². The van der Waals surface area contributed by atoms with E-state index in [0.717, 1.165) is 0 Å². The Morgan fingerprint density at radius 3 is 2.69 bits per heavy atom. The van der Waals surface area contributed by atoms with E-state index in [4.69, 9.17) is 4.74 Å². The molecule has 0 N–H and O–H groups in total. The largest absolute Gasteiger partial charge is 0.490 e. The van der Waals surface area contributed by atoms with Crippen LogP contribution in [0.15, 0.2) is 17.0 Å². The van der Waals surface area contributed by atoms with Crippen molar-refractivity contribution in [3.63, 3.8) is 0 Å². The number of carbonyl (C=O) groups excluding carboxylic acids is 1. The summed E-state index contributed by atoms with van der Waals surface area (Å²) in [5.41, 5.74) is 0.435. The molecule has 0 spiro atoms. The fourth-order valence-corrected chi connectivity index (χ4v) is 1.70. The summed E-state index contributed by atoms with van der Waals surface area (Å²) in [5.74, 6) is 0.0819. The second kappa shape index (κ2) is 5.89. The number of thioether (sulfide) groups is 1. The topological polar surface area (TPSA) is 26.3 Å². The maximum absolute atomic E-state index is 13.8. The molecule has 16 heavy (non-hydrogen) atoms. The van der Waals surface area contributed by atoms with E-state index >= 15 is 0 Å². The zero-order chi connectivity index (χ0) is 12.1. The van der Waals surface area contributed by atoms with Crippen LogP contribution < -0.4 is 4.74 Å². The molecule has 1 rings (SSSR count). The smallest absolute Gasteiger partial charge is 0.178 e. The Balaban J connectivity index is 3.01. The lowest BCUT2D eigenvalue weighted by Crippen LogP contribution is -2.06. The van der Waals surface area contributed by atoms with Gasteiger partial charge in [0, 0.05) is 10.5 Å². The fraction of sp³-hybridized carbons (Fsp3) is 0.417. The van der Waals surface area contributed by atoms with Gasteiger partial charge in [-0.1, -0.05) is 13.8 Å². The molecule has 0 unspecified atom stereocenters. The number of hydrogen-bond donors (Lipinski definition) is 0. The van der Waals surface area contributed by atoms with Gasteiger partial charge in [-0.3, -0.25) is 4.79 Å². The minimum atomic E-state index is -0.390. The van der Waals surface area contributed by atoms with Gasteiger partial charge in [-0.15, -0.1) is 11.8 Å². The predicted molar refractivity (Wildman–Crippen MR) is 63.9 cm³/mol. The number of ether oxygens (including phenoxy) is 1. The molecule has 0 heterocycles. The summed E-state index contributed by atoms with van der Waals surface area (Å²) in [6.45, 7) is 4.40. The monoisotopic (exact) mass is 242 g/mol. The van der Waals surface area contributed by atoms with Gasteiger partial charge in [0.25, 0.3) is 0 Å². The molecule has 88 valence electrons. The average Bonchev–Trinajstić information content (AvgIpc) is 2.27. The average molecular weight is 242 g/mol. The molecule has 0 bridgehead atoms.